The van der Waals surface area contributed by atoms with Gasteiger partial charge in [-0.3, -0.25) is 9.59 Å². The number of amides is 2. The van der Waals surface area contributed by atoms with Crippen LogP contribution in [-0.2, 0) is 21.4 Å². The van der Waals surface area contributed by atoms with E-state index in [2.05, 4.69) is 31.4 Å². The van der Waals surface area contributed by atoms with Gasteiger partial charge in [0, 0.05) is 24.1 Å². The van der Waals surface area contributed by atoms with E-state index in [-0.39, 0.29) is 23.7 Å². The monoisotopic (exact) mass is 404 g/mol. The lowest BCUT2D eigenvalue weighted by molar-refractivity contribution is -0.116. The number of carbonyl (C=O) groups is 2. The molecule has 0 radical (unpaired) electrons. The zero-order chi connectivity index (χ0) is 21.9. The Bertz CT molecular complexity index is 1060. The van der Waals surface area contributed by atoms with Crippen molar-refractivity contribution in [2.24, 2.45) is 0 Å². The van der Waals surface area contributed by atoms with Gasteiger partial charge in [0.05, 0.1) is 17.8 Å². The number of rotatable bonds is 5. The first-order valence-electron chi connectivity index (χ1n) is 9.96. The van der Waals surface area contributed by atoms with E-state index in [9.17, 15) is 9.59 Å². The fourth-order valence-electron chi connectivity index (χ4n) is 3.07. The molecule has 2 amide bonds. The molecule has 2 aromatic carbocycles. The second-order valence-corrected chi connectivity index (χ2v) is 8.52. The quantitative estimate of drug-likeness (QED) is 0.652. The van der Waals surface area contributed by atoms with Crippen molar-refractivity contribution in [2.75, 3.05) is 10.6 Å². The predicted molar refractivity (Wildman–Crippen MR) is 120 cm³/mol. The second kappa shape index (κ2) is 8.53. The number of hydrogen-bond acceptors (Lipinski definition) is 3. The van der Waals surface area contributed by atoms with Gasteiger partial charge in [-0.1, -0.05) is 45.0 Å². The summed E-state index contributed by atoms with van der Waals surface area (Å²) >= 11 is 0. The van der Waals surface area contributed by atoms with Gasteiger partial charge in [-0.15, -0.1) is 0 Å². The number of hydrogen-bond donors (Lipinski definition) is 2. The van der Waals surface area contributed by atoms with Crippen molar-refractivity contribution in [3.63, 3.8) is 0 Å². The Hall–Kier alpha value is -3.41. The number of nitrogens with zero attached hydrogens (tertiary/aromatic N) is 2. The molecule has 2 N–H and O–H groups in total. The van der Waals surface area contributed by atoms with Gasteiger partial charge < -0.3 is 10.6 Å². The highest BCUT2D eigenvalue weighted by Crippen LogP contribution is 2.26. The van der Waals surface area contributed by atoms with Crippen LogP contribution >= 0.6 is 0 Å². The molecular formula is C24H28N4O2. The number of aromatic nitrogens is 2. The van der Waals surface area contributed by atoms with E-state index in [1.807, 2.05) is 49.4 Å². The summed E-state index contributed by atoms with van der Waals surface area (Å²) in [6, 6.07) is 17.2. The van der Waals surface area contributed by atoms with Crippen molar-refractivity contribution in [3.8, 4) is 5.69 Å². The first-order chi connectivity index (χ1) is 14.1. The summed E-state index contributed by atoms with van der Waals surface area (Å²) in [5, 5.41) is 10.5. The third kappa shape index (κ3) is 5.35. The number of aryl methyl sites for hydroxylation is 1. The van der Waals surface area contributed by atoms with E-state index >= 15 is 0 Å². The molecule has 156 valence electrons. The molecule has 0 aliphatic carbocycles. The molecule has 0 spiro atoms. The van der Waals surface area contributed by atoms with Crippen LogP contribution in [0.3, 0.4) is 0 Å². The molecule has 0 saturated carbocycles. The summed E-state index contributed by atoms with van der Waals surface area (Å²) < 4.78 is 1.78. The molecule has 0 aliphatic heterocycles. The van der Waals surface area contributed by atoms with Crippen LogP contribution in [0.15, 0.2) is 54.6 Å². The van der Waals surface area contributed by atoms with Gasteiger partial charge in [0.15, 0.2) is 0 Å². The number of benzene rings is 2. The van der Waals surface area contributed by atoms with Gasteiger partial charge in [-0.25, -0.2) is 4.68 Å². The Morgan fingerprint density at radius 3 is 2.30 bits per heavy atom. The minimum absolute atomic E-state index is 0.125. The highest BCUT2D eigenvalue weighted by molar-refractivity contribution is 5.92. The zero-order valence-electron chi connectivity index (χ0n) is 18.1. The van der Waals surface area contributed by atoms with Crippen molar-refractivity contribution in [1.82, 2.24) is 9.78 Å². The third-order valence-electron chi connectivity index (χ3n) is 4.63. The summed E-state index contributed by atoms with van der Waals surface area (Å²) in [4.78, 5) is 23.9. The van der Waals surface area contributed by atoms with E-state index in [0.717, 1.165) is 22.5 Å². The molecular weight excluding hydrogens is 376 g/mol. The Balaban J connectivity index is 1.82. The molecule has 0 saturated heterocycles. The van der Waals surface area contributed by atoms with Crippen LogP contribution in [0.1, 0.15) is 44.5 Å². The van der Waals surface area contributed by atoms with Gasteiger partial charge in [0.2, 0.25) is 11.8 Å². The molecule has 3 aromatic rings. The second-order valence-electron chi connectivity index (χ2n) is 8.52. The number of nitrogens with one attached hydrogen (secondary N) is 2. The van der Waals surface area contributed by atoms with Crippen molar-refractivity contribution in [1.29, 1.82) is 0 Å². The molecule has 3 rings (SSSR count). The van der Waals surface area contributed by atoms with Crippen LogP contribution in [0.25, 0.3) is 5.69 Å². The molecule has 6 nitrogen and oxygen atoms in total. The van der Waals surface area contributed by atoms with Gasteiger partial charge in [-0.05, 0) is 42.3 Å². The molecule has 30 heavy (non-hydrogen) atoms. The van der Waals surface area contributed by atoms with Gasteiger partial charge in [0.25, 0.3) is 0 Å². The summed E-state index contributed by atoms with van der Waals surface area (Å²) in [7, 11) is 0. The molecule has 6 heteroatoms. The van der Waals surface area contributed by atoms with Crippen molar-refractivity contribution in [2.45, 2.75) is 46.5 Å². The SMILES string of the molecule is CC(=O)Nc1ccc(CC(=O)Nc2cc(C(C)(C)C)nn2-c2cccc(C)c2)cc1. The van der Waals surface area contributed by atoms with E-state index in [4.69, 9.17) is 5.10 Å². The number of carbonyl (C=O) groups excluding carboxylic acids is 2. The highest BCUT2D eigenvalue weighted by Gasteiger charge is 2.21. The fraction of sp³-hybridized carbons (Fsp3) is 0.292. The molecule has 0 aliphatic rings. The minimum Gasteiger partial charge on any atom is -0.326 e. The van der Waals surface area contributed by atoms with Crippen LogP contribution in [-0.4, -0.2) is 21.6 Å². The number of anilines is 2. The van der Waals surface area contributed by atoms with Crippen LogP contribution in [0, 0.1) is 6.92 Å². The topological polar surface area (TPSA) is 76.0 Å². The maximum atomic E-state index is 12.7. The zero-order valence-corrected chi connectivity index (χ0v) is 18.1. The maximum absolute atomic E-state index is 12.7. The lowest BCUT2D eigenvalue weighted by atomic mass is 9.92. The van der Waals surface area contributed by atoms with E-state index in [1.165, 1.54) is 6.92 Å². The Morgan fingerprint density at radius 2 is 1.70 bits per heavy atom. The Morgan fingerprint density at radius 1 is 1.00 bits per heavy atom. The van der Waals surface area contributed by atoms with Crippen LogP contribution in [0.2, 0.25) is 0 Å². The van der Waals surface area contributed by atoms with E-state index in [0.29, 0.717) is 11.5 Å². The maximum Gasteiger partial charge on any atom is 0.229 e. The summed E-state index contributed by atoms with van der Waals surface area (Å²) in [5.41, 5.74) is 4.35. The van der Waals surface area contributed by atoms with Crippen molar-refractivity contribution >= 4 is 23.3 Å². The average molecular weight is 405 g/mol. The van der Waals surface area contributed by atoms with Gasteiger partial charge >= 0.3 is 0 Å². The normalized spacial score (nSPS) is 11.2. The summed E-state index contributed by atoms with van der Waals surface area (Å²) in [6.07, 6.45) is 0.226. The Labute approximate surface area is 177 Å². The predicted octanol–water partition coefficient (Wildman–Crippen LogP) is 4.62. The van der Waals surface area contributed by atoms with Crippen molar-refractivity contribution in [3.05, 3.63) is 71.4 Å². The Kier molecular flexibility index (Phi) is 6.06. The molecule has 1 aromatic heterocycles. The molecule has 0 unspecified atom stereocenters. The van der Waals surface area contributed by atoms with E-state index in [1.54, 1.807) is 16.8 Å². The lowest BCUT2D eigenvalue weighted by Crippen LogP contribution is -2.17. The molecule has 0 atom stereocenters. The van der Waals surface area contributed by atoms with Crippen molar-refractivity contribution < 1.29 is 9.59 Å². The average Bonchev–Trinajstić information content (AvgIpc) is 3.07. The van der Waals surface area contributed by atoms with Crippen LogP contribution in [0.4, 0.5) is 11.5 Å². The lowest BCUT2D eigenvalue weighted by Gasteiger charge is -2.14. The first kappa shape index (κ1) is 21.3. The third-order valence-corrected chi connectivity index (χ3v) is 4.63. The molecule has 0 fully saturated rings. The standard InChI is InChI=1S/C24H28N4O2/c1-16-7-6-8-20(13-16)28-22(15-21(27-28)24(3,4)5)26-23(30)14-18-9-11-19(12-10-18)25-17(2)29/h6-13,15H,14H2,1-5H3,(H,25,29)(H,26,30). The largest absolute Gasteiger partial charge is 0.326 e. The first-order valence-corrected chi connectivity index (χ1v) is 9.96. The van der Waals surface area contributed by atoms with Gasteiger partial charge in [0.1, 0.15) is 5.82 Å². The smallest absolute Gasteiger partial charge is 0.229 e. The van der Waals surface area contributed by atoms with Crippen LogP contribution < -0.4 is 10.6 Å². The summed E-state index contributed by atoms with van der Waals surface area (Å²) in [6.45, 7) is 9.78. The fourth-order valence-corrected chi connectivity index (χ4v) is 3.07. The highest BCUT2D eigenvalue weighted by atomic mass is 16.2. The van der Waals surface area contributed by atoms with Crippen LogP contribution in [0.5, 0.6) is 0 Å². The van der Waals surface area contributed by atoms with E-state index < -0.39 is 0 Å². The van der Waals surface area contributed by atoms with Gasteiger partial charge in [-0.2, -0.15) is 5.10 Å². The summed E-state index contributed by atoms with van der Waals surface area (Å²) in [5.74, 6) is 0.390. The molecule has 0 bridgehead atoms. The minimum atomic E-state index is -0.145. The molecule has 1 heterocycles.